The summed E-state index contributed by atoms with van der Waals surface area (Å²) in [5.41, 5.74) is 7.85. The number of para-hydroxylation sites is 2. The zero-order chi connectivity index (χ0) is 26.2. The number of pyridine rings is 3. The summed E-state index contributed by atoms with van der Waals surface area (Å²) in [6.45, 7) is 0. The van der Waals surface area contributed by atoms with Crippen molar-refractivity contribution < 1.29 is 0 Å². The van der Waals surface area contributed by atoms with Gasteiger partial charge in [0.2, 0.25) is 0 Å². The van der Waals surface area contributed by atoms with E-state index in [2.05, 4.69) is 129 Å². The highest BCUT2D eigenvalue weighted by Crippen LogP contribution is 2.41. The van der Waals surface area contributed by atoms with Crippen LogP contribution in [0.1, 0.15) is 0 Å². The number of benzene rings is 4. The van der Waals surface area contributed by atoms with E-state index in [9.17, 15) is 0 Å². The van der Waals surface area contributed by atoms with E-state index in [1.807, 2.05) is 12.3 Å². The van der Waals surface area contributed by atoms with Crippen LogP contribution in [0.5, 0.6) is 0 Å². The highest BCUT2D eigenvalue weighted by Gasteiger charge is 2.20. The van der Waals surface area contributed by atoms with Crippen LogP contribution in [0.2, 0.25) is 0 Å². The fourth-order valence-electron chi connectivity index (χ4n) is 6.50. The van der Waals surface area contributed by atoms with Crippen LogP contribution in [0.4, 0.5) is 0 Å². The number of fused-ring (bicyclic) bond motifs is 12. The normalized spacial score (nSPS) is 12.0. The zero-order valence-corrected chi connectivity index (χ0v) is 21.5. The first-order chi connectivity index (χ1) is 19.9. The molecule has 0 N–H and O–H groups in total. The minimum Gasteiger partial charge on any atom is -0.309 e. The summed E-state index contributed by atoms with van der Waals surface area (Å²) < 4.78 is 4.77. The Labute approximate surface area is 229 Å². The maximum atomic E-state index is 5.19. The number of hydrogen-bond donors (Lipinski definition) is 0. The molecule has 4 heteroatoms. The average Bonchev–Trinajstić information content (AvgIpc) is 3.58. The lowest BCUT2D eigenvalue weighted by atomic mass is 10.0. The van der Waals surface area contributed by atoms with Crippen LogP contribution >= 0.6 is 0 Å². The standard InChI is InChI=1S/C36H22N4/c1-5-15-30-23(9-1)21-33-25-11-2-3-13-27(25)35-32(39(30)33)19-18-28-26-12-4-6-16-31(26)40(36(28)35)34-17-7-14-29(38-34)24-10-8-20-37-22-24/h1-22H. The minimum absolute atomic E-state index is 0.890. The Hall–Kier alpha value is -5.48. The number of hydrogen-bond acceptors (Lipinski definition) is 2. The van der Waals surface area contributed by atoms with Crippen LogP contribution in [0.25, 0.3) is 77.0 Å². The molecule has 40 heavy (non-hydrogen) atoms. The maximum absolute atomic E-state index is 5.19. The summed E-state index contributed by atoms with van der Waals surface area (Å²) in [5.74, 6) is 0.890. The molecule has 0 spiro atoms. The van der Waals surface area contributed by atoms with Gasteiger partial charge in [0.1, 0.15) is 5.82 Å². The van der Waals surface area contributed by atoms with Gasteiger partial charge in [-0.25, -0.2) is 4.98 Å². The van der Waals surface area contributed by atoms with E-state index in [1.165, 1.54) is 54.4 Å². The largest absolute Gasteiger partial charge is 0.309 e. The maximum Gasteiger partial charge on any atom is 0.138 e. The molecule has 9 aromatic rings. The van der Waals surface area contributed by atoms with Gasteiger partial charge in [-0.1, -0.05) is 72.8 Å². The van der Waals surface area contributed by atoms with Gasteiger partial charge in [-0.05, 0) is 53.9 Å². The molecule has 4 aromatic carbocycles. The van der Waals surface area contributed by atoms with Gasteiger partial charge in [0, 0.05) is 44.9 Å². The van der Waals surface area contributed by atoms with Gasteiger partial charge in [0.05, 0.1) is 33.3 Å². The van der Waals surface area contributed by atoms with Crippen LogP contribution in [-0.2, 0) is 0 Å². The summed E-state index contributed by atoms with van der Waals surface area (Å²) >= 11 is 0. The smallest absolute Gasteiger partial charge is 0.138 e. The molecule has 0 aliphatic heterocycles. The molecule has 186 valence electrons. The first-order valence-corrected chi connectivity index (χ1v) is 13.5. The van der Waals surface area contributed by atoms with Crippen LogP contribution in [0, 0.1) is 0 Å². The zero-order valence-electron chi connectivity index (χ0n) is 21.5. The van der Waals surface area contributed by atoms with Gasteiger partial charge in [-0.15, -0.1) is 0 Å². The monoisotopic (exact) mass is 510 g/mol. The molecule has 5 heterocycles. The third-order valence-electron chi connectivity index (χ3n) is 8.16. The molecule has 0 unspecified atom stereocenters. The van der Waals surface area contributed by atoms with Crippen LogP contribution < -0.4 is 0 Å². The van der Waals surface area contributed by atoms with Crippen molar-refractivity contribution in [2.24, 2.45) is 0 Å². The van der Waals surface area contributed by atoms with Crippen LogP contribution in [-0.4, -0.2) is 18.9 Å². The van der Waals surface area contributed by atoms with Crippen molar-refractivity contribution >= 4 is 59.9 Å². The van der Waals surface area contributed by atoms with Gasteiger partial charge in [-0.2, -0.15) is 0 Å². The molecular weight excluding hydrogens is 488 g/mol. The first kappa shape index (κ1) is 21.5. The van der Waals surface area contributed by atoms with Crippen molar-refractivity contribution in [2.45, 2.75) is 0 Å². The molecule has 0 bridgehead atoms. The lowest BCUT2D eigenvalue weighted by Gasteiger charge is -2.14. The Balaban J connectivity index is 1.52. The third-order valence-corrected chi connectivity index (χ3v) is 8.16. The fourth-order valence-corrected chi connectivity index (χ4v) is 6.50. The summed E-state index contributed by atoms with van der Waals surface area (Å²) in [6, 6.07) is 43.3. The van der Waals surface area contributed by atoms with E-state index >= 15 is 0 Å². The van der Waals surface area contributed by atoms with Crippen molar-refractivity contribution in [3.63, 3.8) is 0 Å². The first-order valence-electron chi connectivity index (χ1n) is 13.5. The molecule has 4 nitrogen and oxygen atoms in total. The molecular formula is C36H22N4. The lowest BCUT2D eigenvalue weighted by Crippen LogP contribution is -2.00. The second kappa shape index (κ2) is 8.01. The van der Waals surface area contributed by atoms with E-state index in [-0.39, 0.29) is 0 Å². The highest BCUT2D eigenvalue weighted by molar-refractivity contribution is 6.27. The predicted molar refractivity (Wildman–Crippen MR) is 165 cm³/mol. The molecule has 0 amide bonds. The lowest BCUT2D eigenvalue weighted by molar-refractivity contribution is 1.09. The molecule has 0 radical (unpaired) electrons. The van der Waals surface area contributed by atoms with E-state index in [0.29, 0.717) is 0 Å². The molecule has 5 aromatic heterocycles. The van der Waals surface area contributed by atoms with Gasteiger partial charge in [0.25, 0.3) is 0 Å². The van der Waals surface area contributed by atoms with E-state index < -0.39 is 0 Å². The second-order valence-corrected chi connectivity index (χ2v) is 10.3. The molecule has 9 rings (SSSR count). The molecule has 0 aliphatic rings. The predicted octanol–water partition coefficient (Wildman–Crippen LogP) is 8.95. The molecule has 0 saturated heterocycles. The Kier molecular flexibility index (Phi) is 4.30. The topological polar surface area (TPSA) is 35.1 Å². The average molecular weight is 511 g/mol. The van der Waals surface area contributed by atoms with E-state index in [4.69, 9.17) is 4.98 Å². The van der Waals surface area contributed by atoms with Crippen molar-refractivity contribution in [3.8, 4) is 17.1 Å². The van der Waals surface area contributed by atoms with Crippen LogP contribution in [0.3, 0.4) is 0 Å². The number of aromatic nitrogens is 4. The van der Waals surface area contributed by atoms with Gasteiger partial charge >= 0.3 is 0 Å². The van der Waals surface area contributed by atoms with Crippen molar-refractivity contribution in [3.05, 3.63) is 134 Å². The Morgan fingerprint density at radius 3 is 2.15 bits per heavy atom. The fraction of sp³-hybridized carbons (Fsp3) is 0. The molecule has 0 atom stereocenters. The summed E-state index contributed by atoms with van der Waals surface area (Å²) in [5, 5.41) is 7.39. The quantitative estimate of drug-likeness (QED) is 0.218. The van der Waals surface area contributed by atoms with Crippen molar-refractivity contribution in [1.82, 2.24) is 18.9 Å². The Bertz CT molecular complexity index is 2430. The van der Waals surface area contributed by atoms with Gasteiger partial charge in [-0.3, -0.25) is 9.55 Å². The molecule has 0 aliphatic carbocycles. The molecule has 0 saturated carbocycles. The highest BCUT2D eigenvalue weighted by atomic mass is 15.1. The summed E-state index contributed by atoms with van der Waals surface area (Å²) in [6.07, 6.45) is 3.66. The van der Waals surface area contributed by atoms with Crippen molar-refractivity contribution in [1.29, 1.82) is 0 Å². The minimum atomic E-state index is 0.890. The SMILES string of the molecule is c1cncc(-c2cccc(-n3c4ccccc4c4ccc5c(c6ccccc6c6cc7ccccc7n65)c43)n2)c1. The summed E-state index contributed by atoms with van der Waals surface area (Å²) in [7, 11) is 0. The Morgan fingerprint density at radius 2 is 1.30 bits per heavy atom. The second-order valence-electron chi connectivity index (χ2n) is 10.3. The van der Waals surface area contributed by atoms with Gasteiger partial charge in [0.15, 0.2) is 0 Å². The Morgan fingerprint density at radius 1 is 0.525 bits per heavy atom. The van der Waals surface area contributed by atoms with Gasteiger partial charge < -0.3 is 4.40 Å². The molecule has 0 fully saturated rings. The van der Waals surface area contributed by atoms with Crippen molar-refractivity contribution in [2.75, 3.05) is 0 Å². The van der Waals surface area contributed by atoms with E-state index in [0.717, 1.165) is 22.6 Å². The summed E-state index contributed by atoms with van der Waals surface area (Å²) in [4.78, 5) is 9.52. The van der Waals surface area contributed by atoms with E-state index in [1.54, 1.807) is 6.20 Å². The number of nitrogens with zero attached hydrogens (tertiary/aromatic N) is 4. The third kappa shape index (κ3) is 2.85. The number of rotatable bonds is 2. The van der Waals surface area contributed by atoms with Crippen LogP contribution in [0.15, 0.2) is 134 Å².